The molecular weight excluding hydrogens is 520 g/mol. The zero-order chi connectivity index (χ0) is 27.1. The minimum Gasteiger partial charge on any atom is -0.373 e. The highest BCUT2D eigenvalue weighted by atomic mass is 32.1. The average molecular weight is 545 g/mol. The summed E-state index contributed by atoms with van der Waals surface area (Å²) in [5.74, 6) is 0.629. The number of hydrogen-bond acceptors (Lipinski definition) is 8. The van der Waals surface area contributed by atoms with Crippen molar-refractivity contribution in [2.24, 2.45) is 0 Å². The van der Waals surface area contributed by atoms with Gasteiger partial charge in [0.15, 0.2) is 11.5 Å². The molecule has 0 saturated carbocycles. The van der Waals surface area contributed by atoms with E-state index in [0.29, 0.717) is 29.3 Å². The van der Waals surface area contributed by atoms with Crippen LogP contribution in [0.15, 0.2) is 85.5 Å². The summed E-state index contributed by atoms with van der Waals surface area (Å²) < 4.78 is 0. The predicted octanol–water partition coefficient (Wildman–Crippen LogP) is 5.97. The predicted molar refractivity (Wildman–Crippen MR) is 158 cm³/mol. The Morgan fingerprint density at radius 2 is 1.90 bits per heavy atom. The molecule has 1 aromatic carbocycles. The van der Waals surface area contributed by atoms with Crippen LogP contribution in [0.4, 0.5) is 5.69 Å². The van der Waals surface area contributed by atoms with Crippen molar-refractivity contribution in [3.8, 4) is 33.2 Å². The van der Waals surface area contributed by atoms with Gasteiger partial charge < -0.3 is 15.4 Å². The van der Waals surface area contributed by atoms with E-state index < -0.39 is 6.23 Å². The number of H-pyrrole nitrogens is 2. The summed E-state index contributed by atoms with van der Waals surface area (Å²) in [6.07, 6.45) is 6.71. The first-order valence-electron chi connectivity index (χ1n) is 12.8. The number of aryl methyl sites for hydroxylation is 1. The van der Waals surface area contributed by atoms with Crippen LogP contribution in [0.25, 0.3) is 55.3 Å². The molecule has 0 amide bonds. The number of aliphatic hydroxyl groups excluding tert-OH is 1. The standard InChI is InChI=1S/C30H24N8OS/c1-17-7-8-25(40-17)21-9-10-32-29-27(21)35-30(36-29)28-22-13-23(33-16-24(22)37-38-28)19-12-20(15-31-14-19)34-26(39)11-18-5-3-2-4-6-18/h2-10,12-16,26,34,39H,11H2,1H3,(H,37,38)(H,32,35,36). The Labute approximate surface area is 233 Å². The third-order valence-corrected chi connectivity index (χ3v) is 7.74. The Bertz CT molecular complexity index is 1960. The van der Waals surface area contributed by atoms with E-state index in [2.05, 4.69) is 54.5 Å². The highest BCUT2D eigenvalue weighted by Gasteiger charge is 2.17. The average Bonchev–Trinajstić information content (AvgIpc) is 3.71. The van der Waals surface area contributed by atoms with Gasteiger partial charge in [0.25, 0.3) is 0 Å². The van der Waals surface area contributed by atoms with Gasteiger partial charge in [0, 0.05) is 45.1 Å². The molecule has 1 atom stereocenters. The van der Waals surface area contributed by atoms with Gasteiger partial charge in [0.1, 0.15) is 11.9 Å². The van der Waals surface area contributed by atoms with Crippen molar-refractivity contribution < 1.29 is 5.11 Å². The first-order chi connectivity index (χ1) is 19.6. The zero-order valence-electron chi connectivity index (χ0n) is 21.5. The monoisotopic (exact) mass is 544 g/mol. The maximum Gasteiger partial charge on any atom is 0.178 e. The molecule has 9 nitrogen and oxygen atoms in total. The lowest BCUT2D eigenvalue weighted by molar-refractivity contribution is 0.204. The van der Waals surface area contributed by atoms with E-state index in [4.69, 9.17) is 4.98 Å². The number of pyridine rings is 3. The molecule has 0 spiro atoms. The molecule has 0 bridgehead atoms. The van der Waals surface area contributed by atoms with Gasteiger partial charge in [-0.05, 0) is 42.8 Å². The van der Waals surface area contributed by atoms with Gasteiger partial charge in [-0.25, -0.2) is 9.97 Å². The van der Waals surface area contributed by atoms with Crippen molar-refractivity contribution in [3.63, 3.8) is 0 Å². The summed E-state index contributed by atoms with van der Waals surface area (Å²) in [4.78, 5) is 24.1. The fourth-order valence-electron chi connectivity index (χ4n) is 4.80. The lowest BCUT2D eigenvalue weighted by Crippen LogP contribution is -2.21. The number of rotatable bonds is 7. The zero-order valence-corrected chi connectivity index (χ0v) is 22.3. The van der Waals surface area contributed by atoms with Gasteiger partial charge in [-0.15, -0.1) is 11.3 Å². The van der Waals surface area contributed by atoms with E-state index in [1.54, 1.807) is 36.1 Å². The van der Waals surface area contributed by atoms with Gasteiger partial charge in [-0.1, -0.05) is 30.3 Å². The minimum absolute atomic E-state index is 0.480. The molecular formula is C30H24N8OS. The Morgan fingerprint density at radius 3 is 2.75 bits per heavy atom. The third kappa shape index (κ3) is 4.59. The molecule has 0 radical (unpaired) electrons. The number of aromatic nitrogens is 7. The van der Waals surface area contributed by atoms with Gasteiger partial charge >= 0.3 is 0 Å². The summed E-state index contributed by atoms with van der Waals surface area (Å²) in [5, 5.41) is 22.2. The normalized spacial score (nSPS) is 12.2. The van der Waals surface area contributed by atoms with E-state index in [9.17, 15) is 5.11 Å². The van der Waals surface area contributed by atoms with Crippen LogP contribution in [0.3, 0.4) is 0 Å². The van der Waals surface area contributed by atoms with Crippen LogP contribution in [-0.2, 0) is 6.42 Å². The van der Waals surface area contributed by atoms with Crippen molar-refractivity contribution in [1.29, 1.82) is 0 Å². The SMILES string of the molecule is Cc1ccc(-c2ccnc3nc(-c4n[nH]c5cnc(-c6cncc(NC(O)Cc7ccccc7)c6)cc45)[nH]c23)s1. The number of nitrogens with zero attached hydrogens (tertiary/aromatic N) is 5. The van der Waals surface area contributed by atoms with Crippen LogP contribution in [0.5, 0.6) is 0 Å². The number of nitrogens with one attached hydrogen (secondary N) is 3. The minimum atomic E-state index is -0.750. The molecule has 0 aliphatic carbocycles. The van der Waals surface area contributed by atoms with E-state index in [1.807, 2.05) is 48.5 Å². The number of aromatic amines is 2. The van der Waals surface area contributed by atoms with E-state index >= 15 is 0 Å². The highest BCUT2D eigenvalue weighted by Crippen LogP contribution is 2.34. The molecule has 0 saturated heterocycles. The number of anilines is 1. The van der Waals surface area contributed by atoms with Crippen molar-refractivity contribution in [1.82, 2.24) is 35.1 Å². The summed E-state index contributed by atoms with van der Waals surface area (Å²) in [7, 11) is 0. The molecule has 0 fully saturated rings. The Balaban J connectivity index is 1.21. The molecule has 6 aromatic heterocycles. The second kappa shape index (κ2) is 9.99. The van der Waals surface area contributed by atoms with Crippen molar-refractivity contribution in [3.05, 3.63) is 95.9 Å². The highest BCUT2D eigenvalue weighted by molar-refractivity contribution is 7.15. The van der Waals surface area contributed by atoms with Crippen molar-refractivity contribution in [2.75, 3.05) is 5.32 Å². The summed E-state index contributed by atoms with van der Waals surface area (Å²) in [5.41, 5.74) is 7.35. The maximum absolute atomic E-state index is 10.6. The van der Waals surface area contributed by atoms with Crippen molar-refractivity contribution >= 4 is 39.1 Å². The van der Waals surface area contributed by atoms with E-state index in [-0.39, 0.29) is 0 Å². The molecule has 196 valence electrons. The summed E-state index contributed by atoms with van der Waals surface area (Å²) >= 11 is 1.74. The van der Waals surface area contributed by atoms with Crippen LogP contribution in [0, 0.1) is 6.92 Å². The van der Waals surface area contributed by atoms with Crippen molar-refractivity contribution in [2.45, 2.75) is 19.6 Å². The quantitative estimate of drug-likeness (QED) is 0.182. The molecule has 0 aliphatic rings. The summed E-state index contributed by atoms with van der Waals surface area (Å²) in [6.45, 7) is 2.10. The van der Waals surface area contributed by atoms with E-state index in [0.717, 1.165) is 43.7 Å². The first-order valence-corrected chi connectivity index (χ1v) is 13.6. The van der Waals surface area contributed by atoms with Crippen LogP contribution >= 0.6 is 11.3 Å². The molecule has 10 heteroatoms. The maximum atomic E-state index is 10.6. The van der Waals surface area contributed by atoms with Crippen LogP contribution < -0.4 is 5.32 Å². The van der Waals surface area contributed by atoms with Gasteiger partial charge in [0.05, 0.1) is 34.8 Å². The molecule has 1 unspecified atom stereocenters. The molecule has 7 aromatic rings. The number of aliphatic hydroxyl groups is 1. The van der Waals surface area contributed by atoms with Crippen LogP contribution in [0.1, 0.15) is 10.4 Å². The third-order valence-electron chi connectivity index (χ3n) is 6.71. The molecule has 7 rings (SSSR count). The number of thiophene rings is 1. The number of benzene rings is 1. The number of hydrogen-bond donors (Lipinski definition) is 4. The van der Waals surface area contributed by atoms with Gasteiger partial charge in [-0.2, -0.15) is 5.10 Å². The van der Waals surface area contributed by atoms with E-state index in [1.165, 1.54) is 4.88 Å². The largest absolute Gasteiger partial charge is 0.373 e. The fourth-order valence-corrected chi connectivity index (χ4v) is 5.70. The fraction of sp³-hybridized carbons (Fsp3) is 0.100. The lowest BCUT2D eigenvalue weighted by atomic mass is 10.1. The number of imidazole rings is 1. The Morgan fingerprint density at radius 1 is 1.00 bits per heavy atom. The second-order valence-electron chi connectivity index (χ2n) is 9.55. The second-order valence-corrected chi connectivity index (χ2v) is 10.8. The Hall–Kier alpha value is -4.93. The number of fused-ring (bicyclic) bond motifs is 2. The lowest BCUT2D eigenvalue weighted by Gasteiger charge is -2.14. The van der Waals surface area contributed by atoms with Crippen LogP contribution in [-0.4, -0.2) is 46.5 Å². The molecule has 6 heterocycles. The molecule has 40 heavy (non-hydrogen) atoms. The van der Waals surface area contributed by atoms with Gasteiger partial charge in [-0.3, -0.25) is 15.1 Å². The topological polar surface area (TPSA) is 128 Å². The van der Waals surface area contributed by atoms with Gasteiger partial charge in [0.2, 0.25) is 0 Å². The Kier molecular flexibility index (Phi) is 6.03. The van der Waals surface area contributed by atoms with Crippen LogP contribution in [0.2, 0.25) is 0 Å². The smallest absolute Gasteiger partial charge is 0.178 e. The molecule has 4 N–H and O–H groups in total. The summed E-state index contributed by atoms with van der Waals surface area (Å²) in [6, 6.07) is 20.0. The molecule has 0 aliphatic heterocycles. The first kappa shape index (κ1) is 24.1.